The van der Waals surface area contributed by atoms with Gasteiger partial charge in [0.05, 0.1) is 5.41 Å². The summed E-state index contributed by atoms with van der Waals surface area (Å²) in [4.78, 5) is 41.7. The monoisotopic (exact) mass is 574 g/mol. The number of ketones is 2. The van der Waals surface area contributed by atoms with Crippen molar-refractivity contribution in [3.05, 3.63) is 12.2 Å². The third-order valence-electron chi connectivity index (χ3n) is 13.4. The number of hydrogen-bond donors (Lipinski definition) is 0. The Bertz CT molecular complexity index is 1250. The molecule has 0 saturated heterocycles. The number of hydrogen-bond acceptors (Lipinski definition) is 4. The zero-order valence-corrected chi connectivity index (χ0v) is 25.6. The smallest absolute Gasteiger partial charge is 0.299 e. The van der Waals surface area contributed by atoms with Crippen LogP contribution in [0.5, 0.6) is 0 Å². The highest BCUT2D eigenvalue weighted by atomic mass is 19.4. The molecule has 5 aliphatic carbocycles. The SMILES string of the molecule is CC1(C)CC[C@]2(C(=O)N(C#N)CC(F)(F)F)CC[C@]3(C)[C@H](C(=O)CC4[C@@]5(C)C=CC(=O)C(C)(C)[C@@H]5CC[C@]43C)[C@@H]2C1. The Morgan fingerprint density at radius 1 is 0.976 bits per heavy atom. The summed E-state index contributed by atoms with van der Waals surface area (Å²) in [5.74, 6) is -1.28. The number of fused-ring (bicyclic) bond motifs is 7. The van der Waals surface area contributed by atoms with E-state index in [0.29, 0.717) is 43.4 Å². The second kappa shape index (κ2) is 8.92. The molecule has 0 aromatic carbocycles. The maximum absolute atomic E-state index is 14.5. The summed E-state index contributed by atoms with van der Waals surface area (Å²) in [5.41, 5.74) is -2.90. The maximum Gasteiger partial charge on any atom is 0.407 e. The fourth-order valence-electron chi connectivity index (χ4n) is 11.0. The van der Waals surface area contributed by atoms with Crippen molar-refractivity contribution >= 4 is 17.5 Å². The second-order valence-corrected chi connectivity index (χ2v) is 16.1. The van der Waals surface area contributed by atoms with E-state index < -0.39 is 46.7 Å². The van der Waals surface area contributed by atoms with Crippen LogP contribution in [0.15, 0.2) is 12.2 Å². The van der Waals surface area contributed by atoms with Crippen LogP contribution in [-0.4, -0.2) is 35.1 Å². The minimum absolute atomic E-state index is 0.0202. The normalized spacial score (nSPS) is 44.5. The van der Waals surface area contributed by atoms with Gasteiger partial charge in [0.1, 0.15) is 12.3 Å². The van der Waals surface area contributed by atoms with Gasteiger partial charge in [0.25, 0.3) is 0 Å². The van der Waals surface area contributed by atoms with Gasteiger partial charge in [-0.1, -0.05) is 54.5 Å². The molecular weight excluding hydrogens is 529 g/mol. The van der Waals surface area contributed by atoms with Crippen LogP contribution in [0.2, 0.25) is 0 Å². The van der Waals surface area contributed by atoms with Crippen molar-refractivity contribution < 1.29 is 27.6 Å². The molecule has 4 saturated carbocycles. The highest BCUT2D eigenvalue weighted by molar-refractivity contribution is 5.96. The van der Waals surface area contributed by atoms with Gasteiger partial charge in [-0.05, 0) is 90.4 Å². The van der Waals surface area contributed by atoms with Crippen molar-refractivity contribution in [2.45, 2.75) is 106 Å². The van der Waals surface area contributed by atoms with E-state index in [4.69, 9.17) is 0 Å². The van der Waals surface area contributed by atoms with Crippen LogP contribution in [0.1, 0.15) is 99.8 Å². The number of nitrogens with zero attached hydrogens (tertiary/aromatic N) is 2. The predicted molar refractivity (Wildman–Crippen MR) is 148 cm³/mol. The van der Waals surface area contributed by atoms with Crippen molar-refractivity contribution in [3.63, 3.8) is 0 Å². The molecule has 226 valence electrons. The Hall–Kier alpha value is -2.17. The van der Waals surface area contributed by atoms with Crippen molar-refractivity contribution in [2.75, 3.05) is 6.54 Å². The summed E-state index contributed by atoms with van der Waals surface area (Å²) in [6.45, 7) is 13.4. The Balaban J connectivity index is 1.60. The summed E-state index contributed by atoms with van der Waals surface area (Å²) in [5, 5.41) is 9.67. The standard InChI is InChI=1S/C33H45F3N2O3/c1-27(2)12-14-32(26(41)38(19-37)18-33(34,35)36)15-13-31(7)25(20(32)17-27)21(39)16-23-29(5)10-9-24(40)28(3,4)22(29)8-11-30(23,31)6/h9-10,20,22-23,25H,8,11-18H2,1-7H3/t20-,22-,23?,25-,29-,30+,31+,32-/m0/s1. The van der Waals surface area contributed by atoms with E-state index in [0.717, 1.165) is 12.8 Å². The Kier molecular flexibility index (Phi) is 6.59. The number of carbonyl (C=O) groups is 3. The van der Waals surface area contributed by atoms with Crippen LogP contribution in [0.25, 0.3) is 0 Å². The molecule has 5 nitrogen and oxygen atoms in total. The van der Waals surface area contributed by atoms with Crippen molar-refractivity contribution in [1.82, 2.24) is 4.90 Å². The average Bonchev–Trinajstić information content (AvgIpc) is 2.85. The summed E-state index contributed by atoms with van der Waals surface area (Å²) in [6.07, 6.45) is 5.23. The lowest BCUT2D eigenvalue weighted by Crippen LogP contribution is -2.69. The second-order valence-electron chi connectivity index (χ2n) is 16.1. The summed E-state index contributed by atoms with van der Waals surface area (Å²) in [7, 11) is 0. The summed E-state index contributed by atoms with van der Waals surface area (Å²) >= 11 is 0. The van der Waals surface area contributed by atoms with Crippen LogP contribution in [0.4, 0.5) is 13.2 Å². The molecule has 41 heavy (non-hydrogen) atoms. The molecule has 8 heteroatoms. The molecule has 0 N–H and O–H groups in total. The van der Waals surface area contributed by atoms with Crippen molar-refractivity contribution in [3.8, 4) is 6.19 Å². The van der Waals surface area contributed by atoms with Gasteiger partial charge in [-0.2, -0.15) is 18.4 Å². The molecule has 8 atom stereocenters. The van der Waals surface area contributed by atoms with Gasteiger partial charge in [0.2, 0.25) is 5.91 Å². The first kappa shape index (κ1) is 30.3. The minimum atomic E-state index is -4.69. The van der Waals surface area contributed by atoms with E-state index in [9.17, 15) is 32.8 Å². The zero-order valence-electron chi connectivity index (χ0n) is 25.6. The van der Waals surface area contributed by atoms with Gasteiger partial charge < -0.3 is 0 Å². The van der Waals surface area contributed by atoms with Crippen molar-refractivity contribution in [2.24, 2.45) is 56.2 Å². The van der Waals surface area contributed by atoms with Gasteiger partial charge in [-0.3, -0.25) is 14.4 Å². The highest BCUT2D eigenvalue weighted by Gasteiger charge is 2.73. The lowest BCUT2D eigenvalue weighted by Gasteiger charge is -2.71. The molecule has 5 aliphatic rings. The van der Waals surface area contributed by atoms with E-state index >= 15 is 0 Å². The number of halogens is 3. The van der Waals surface area contributed by atoms with Gasteiger partial charge in [-0.15, -0.1) is 0 Å². The van der Waals surface area contributed by atoms with E-state index in [1.807, 2.05) is 13.8 Å². The van der Waals surface area contributed by atoms with E-state index in [1.54, 1.807) is 12.3 Å². The maximum atomic E-state index is 14.5. The predicted octanol–water partition coefficient (Wildman–Crippen LogP) is 7.26. The Morgan fingerprint density at radius 3 is 2.22 bits per heavy atom. The van der Waals surface area contributed by atoms with E-state index in [1.165, 1.54) is 0 Å². The van der Waals surface area contributed by atoms with Crippen molar-refractivity contribution in [1.29, 1.82) is 5.26 Å². The Labute approximate surface area is 242 Å². The first-order valence-corrected chi connectivity index (χ1v) is 15.2. The number of alkyl halides is 3. The average molecular weight is 575 g/mol. The molecule has 5 rings (SSSR count). The first-order chi connectivity index (χ1) is 18.7. The number of rotatable bonds is 2. The van der Waals surface area contributed by atoms with Gasteiger partial charge in [0, 0.05) is 17.8 Å². The molecule has 1 amide bonds. The lowest BCUT2D eigenvalue weighted by molar-refractivity contribution is -0.224. The van der Waals surface area contributed by atoms with Crippen LogP contribution < -0.4 is 0 Å². The molecule has 0 aromatic heterocycles. The molecule has 0 heterocycles. The van der Waals surface area contributed by atoms with Gasteiger partial charge in [0.15, 0.2) is 12.0 Å². The number of carbonyl (C=O) groups excluding carboxylic acids is 3. The number of Topliss-reactive ketones (excluding diaryl/α,β-unsaturated/α-hetero) is 1. The number of amides is 1. The number of nitriles is 1. The molecule has 4 fully saturated rings. The molecule has 0 aromatic rings. The third kappa shape index (κ3) is 4.10. The van der Waals surface area contributed by atoms with E-state index in [-0.39, 0.29) is 39.6 Å². The quantitative estimate of drug-likeness (QED) is 0.257. The first-order valence-electron chi connectivity index (χ1n) is 15.2. The fourth-order valence-corrected chi connectivity index (χ4v) is 11.0. The number of allylic oxidation sites excluding steroid dienone is 2. The van der Waals surface area contributed by atoms with Crippen LogP contribution in [0, 0.1) is 67.6 Å². The molecular formula is C33H45F3N2O3. The largest absolute Gasteiger partial charge is 0.407 e. The lowest BCUT2D eigenvalue weighted by atomic mass is 9.31. The van der Waals surface area contributed by atoms with Crippen LogP contribution >= 0.6 is 0 Å². The van der Waals surface area contributed by atoms with Crippen LogP contribution in [-0.2, 0) is 14.4 Å². The molecule has 0 aliphatic heterocycles. The molecule has 0 spiro atoms. The summed E-state index contributed by atoms with van der Waals surface area (Å²) < 4.78 is 40.3. The van der Waals surface area contributed by atoms with Gasteiger partial charge in [-0.25, -0.2) is 4.90 Å². The van der Waals surface area contributed by atoms with Gasteiger partial charge >= 0.3 is 6.18 Å². The van der Waals surface area contributed by atoms with E-state index in [2.05, 4.69) is 40.7 Å². The highest BCUT2D eigenvalue weighted by Crippen LogP contribution is 2.75. The molecule has 0 radical (unpaired) electrons. The fraction of sp³-hybridized carbons (Fsp3) is 0.818. The topological polar surface area (TPSA) is 78.2 Å². The third-order valence-corrected chi connectivity index (χ3v) is 13.4. The Morgan fingerprint density at radius 2 is 1.61 bits per heavy atom. The molecule has 1 unspecified atom stereocenters. The molecule has 0 bridgehead atoms. The minimum Gasteiger partial charge on any atom is -0.299 e. The summed E-state index contributed by atoms with van der Waals surface area (Å²) in [6, 6.07) is 0. The zero-order chi connectivity index (χ0) is 30.6. The van der Waals surface area contributed by atoms with Crippen LogP contribution in [0.3, 0.4) is 0 Å².